The van der Waals surface area contributed by atoms with Crippen LogP contribution in [0.3, 0.4) is 0 Å². The molecule has 0 aromatic heterocycles. The van der Waals surface area contributed by atoms with Gasteiger partial charge in [-0.2, -0.15) is 0 Å². The van der Waals surface area contributed by atoms with E-state index in [2.05, 4.69) is 0 Å². The molecule has 3 nitrogen and oxygen atoms in total. The van der Waals surface area contributed by atoms with E-state index in [0.29, 0.717) is 10.8 Å². The maximum Gasteiger partial charge on any atom is 0.339 e. The van der Waals surface area contributed by atoms with Crippen molar-refractivity contribution in [1.82, 2.24) is 0 Å². The first-order valence-corrected chi connectivity index (χ1v) is 6.08. The summed E-state index contributed by atoms with van der Waals surface area (Å²) in [7, 11) is 1.45. The molecule has 0 spiro atoms. The van der Waals surface area contributed by atoms with Gasteiger partial charge in [-0.05, 0) is 36.2 Å². The third-order valence-electron chi connectivity index (χ3n) is 2.87. The Morgan fingerprint density at radius 2 is 1.95 bits per heavy atom. The zero-order chi connectivity index (χ0) is 14.0. The third-order valence-corrected chi connectivity index (χ3v) is 3.18. The molecule has 0 amide bonds. The number of carboxylic acid groups (broad SMARTS) is 1. The monoisotopic (exact) mass is 276 g/mol. The molecular weight excluding hydrogens is 264 g/mol. The van der Waals surface area contributed by atoms with Gasteiger partial charge in [0.05, 0.1) is 7.11 Å². The minimum atomic E-state index is -1.02. The van der Waals surface area contributed by atoms with Gasteiger partial charge in [0.15, 0.2) is 0 Å². The Kier molecular flexibility index (Phi) is 3.76. The van der Waals surface area contributed by atoms with Crippen molar-refractivity contribution in [2.45, 2.75) is 6.92 Å². The summed E-state index contributed by atoms with van der Waals surface area (Å²) in [5.41, 5.74) is 2.88. The summed E-state index contributed by atoms with van der Waals surface area (Å²) < 4.78 is 5.11. The molecule has 0 unspecified atom stereocenters. The zero-order valence-corrected chi connectivity index (χ0v) is 11.4. The lowest BCUT2D eigenvalue weighted by atomic mass is 10.0. The highest BCUT2D eigenvalue weighted by Gasteiger charge is 2.13. The molecule has 0 saturated carbocycles. The lowest BCUT2D eigenvalue weighted by Gasteiger charge is -2.10. The molecule has 2 aromatic carbocycles. The molecule has 0 heterocycles. The largest absolute Gasteiger partial charge is 0.496 e. The van der Waals surface area contributed by atoms with Gasteiger partial charge >= 0.3 is 5.97 Å². The first kappa shape index (κ1) is 13.4. The van der Waals surface area contributed by atoms with E-state index < -0.39 is 5.97 Å². The second-order valence-corrected chi connectivity index (χ2v) is 4.61. The van der Waals surface area contributed by atoms with Crippen LogP contribution in [0.5, 0.6) is 5.75 Å². The van der Waals surface area contributed by atoms with Crippen LogP contribution in [-0.4, -0.2) is 18.2 Å². The molecular formula is C15H13ClO3. The maximum atomic E-state index is 11.0. The fourth-order valence-electron chi connectivity index (χ4n) is 1.89. The fourth-order valence-corrected chi connectivity index (χ4v) is 2.23. The molecule has 4 heteroatoms. The lowest BCUT2D eigenvalue weighted by Crippen LogP contribution is -2.00. The van der Waals surface area contributed by atoms with Gasteiger partial charge in [0, 0.05) is 10.6 Å². The van der Waals surface area contributed by atoms with Gasteiger partial charge < -0.3 is 9.84 Å². The van der Waals surface area contributed by atoms with E-state index >= 15 is 0 Å². The van der Waals surface area contributed by atoms with E-state index in [1.165, 1.54) is 13.2 Å². The Hall–Kier alpha value is -2.00. The summed E-state index contributed by atoms with van der Waals surface area (Å²) in [5.74, 6) is -0.694. The quantitative estimate of drug-likeness (QED) is 0.921. The molecule has 0 atom stereocenters. The predicted molar refractivity (Wildman–Crippen MR) is 75.1 cm³/mol. The Balaban J connectivity index is 2.54. The molecule has 0 aliphatic heterocycles. The third kappa shape index (κ3) is 2.71. The van der Waals surface area contributed by atoms with Crippen LogP contribution in [0, 0.1) is 6.92 Å². The van der Waals surface area contributed by atoms with E-state index in [-0.39, 0.29) is 5.56 Å². The Bertz CT molecular complexity index is 635. The minimum Gasteiger partial charge on any atom is -0.496 e. The molecule has 19 heavy (non-hydrogen) atoms. The van der Waals surface area contributed by atoms with Gasteiger partial charge in [-0.3, -0.25) is 0 Å². The number of aryl methyl sites for hydroxylation is 1. The topological polar surface area (TPSA) is 46.5 Å². The van der Waals surface area contributed by atoms with Gasteiger partial charge in [0.1, 0.15) is 11.3 Å². The zero-order valence-electron chi connectivity index (χ0n) is 10.6. The van der Waals surface area contributed by atoms with Gasteiger partial charge in [0.2, 0.25) is 0 Å². The van der Waals surface area contributed by atoms with Crippen molar-refractivity contribution in [3.8, 4) is 16.9 Å². The molecule has 2 rings (SSSR count). The molecule has 98 valence electrons. The normalized spacial score (nSPS) is 10.3. The lowest BCUT2D eigenvalue weighted by molar-refractivity contribution is 0.0693. The van der Waals surface area contributed by atoms with Crippen molar-refractivity contribution in [2.24, 2.45) is 0 Å². The van der Waals surface area contributed by atoms with Crippen molar-refractivity contribution in [3.05, 3.63) is 52.5 Å². The summed E-state index contributed by atoms with van der Waals surface area (Å²) in [6.45, 7) is 1.96. The smallest absolute Gasteiger partial charge is 0.339 e. The summed E-state index contributed by atoms with van der Waals surface area (Å²) in [4.78, 5) is 11.0. The summed E-state index contributed by atoms with van der Waals surface area (Å²) in [5, 5.41) is 9.67. The van der Waals surface area contributed by atoms with E-state index in [9.17, 15) is 4.79 Å². The van der Waals surface area contributed by atoms with E-state index in [0.717, 1.165) is 16.7 Å². The average Bonchev–Trinajstić information content (AvgIpc) is 2.37. The van der Waals surface area contributed by atoms with Gasteiger partial charge in [-0.25, -0.2) is 4.79 Å². The highest BCUT2D eigenvalue weighted by Crippen LogP contribution is 2.32. The molecule has 0 aliphatic rings. The van der Waals surface area contributed by atoms with E-state index in [4.69, 9.17) is 21.4 Å². The standard InChI is InChI=1S/C15H13ClO3/c1-9-3-5-11(13(16)7-9)10-4-6-12(15(17)18)14(8-10)19-2/h3-8H,1-2H3,(H,17,18). The Labute approximate surface area is 116 Å². The number of ether oxygens (including phenoxy) is 1. The maximum absolute atomic E-state index is 11.0. The molecule has 0 radical (unpaired) electrons. The van der Waals surface area contributed by atoms with Crippen LogP contribution in [0.15, 0.2) is 36.4 Å². The summed E-state index contributed by atoms with van der Waals surface area (Å²) in [6, 6.07) is 10.7. The van der Waals surface area contributed by atoms with Crippen LogP contribution in [0.2, 0.25) is 5.02 Å². The number of rotatable bonds is 3. The van der Waals surface area contributed by atoms with Crippen LogP contribution in [-0.2, 0) is 0 Å². The number of hydrogen-bond donors (Lipinski definition) is 1. The van der Waals surface area contributed by atoms with Crippen LogP contribution in [0.4, 0.5) is 0 Å². The van der Waals surface area contributed by atoms with Crippen molar-refractivity contribution in [3.63, 3.8) is 0 Å². The van der Waals surface area contributed by atoms with Gasteiger partial charge in [-0.1, -0.05) is 29.8 Å². The van der Waals surface area contributed by atoms with Crippen LogP contribution < -0.4 is 4.74 Å². The number of carbonyl (C=O) groups is 1. The molecule has 2 aromatic rings. The molecule has 0 saturated heterocycles. The molecule has 0 aliphatic carbocycles. The fraction of sp³-hybridized carbons (Fsp3) is 0.133. The Morgan fingerprint density at radius 3 is 2.53 bits per heavy atom. The van der Waals surface area contributed by atoms with Crippen LogP contribution in [0.25, 0.3) is 11.1 Å². The van der Waals surface area contributed by atoms with E-state index in [1.54, 1.807) is 12.1 Å². The molecule has 1 N–H and O–H groups in total. The van der Waals surface area contributed by atoms with Gasteiger partial charge in [0.25, 0.3) is 0 Å². The molecule has 0 fully saturated rings. The first-order chi connectivity index (χ1) is 9.02. The SMILES string of the molecule is COc1cc(-c2ccc(C)cc2Cl)ccc1C(=O)O. The first-order valence-electron chi connectivity index (χ1n) is 5.71. The number of hydrogen-bond acceptors (Lipinski definition) is 2. The van der Waals surface area contributed by atoms with Crippen LogP contribution >= 0.6 is 11.6 Å². The summed E-state index contributed by atoms with van der Waals surface area (Å²) >= 11 is 6.20. The number of carboxylic acids is 1. The van der Waals surface area contributed by atoms with Crippen molar-refractivity contribution >= 4 is 17.6 Å². The molecule has 0 bridgehead atoms. The minimum absolute atomic E-state index is 0.134. The predicted octanol–water partition coefficient (Wildman–Crippen LogP) is 4.02. The van der Waals surface area contributed by atoms with Crippen LogP contribution in [0.1, 0.15) is 15.9 Å². The highest BCUT2D eigenvalue weighted by molar-refractivity contribution is 6.33. The number of benzene rings is 2. The second-order valence-electron chi connectivity index (χ2n) is 4.20. The van der Waals surface area contributed by atoms with E-state index in [1.807, 2.05) is 25.1 Å². The number of methoxy groups -OCH3 is 1. The van der Waals surface area contributed by atoms with Crippen molar-refractivity contribution in [1.29, 1.82) is 0 Å². The second kappa shape index (κ2) is 5.33. The van der Waals surface area contributed by atoms with Crippen molar-refractivity contribution < 1.29 is 14.6 Å². The highest BCUT2D eigenvalue weighted by atomic mass is 35.5. The average molecular weight is 277 g/mol. The summed E-state index contributed by atoms with van der Waals surface area (Å²) in [6.07, 6.45) is 0. The number of halogens is 1. The number of aromatic carboxylic acids is 1. The Morgan fingerprint density at radius 1 is 1.21 bits per heavy atom. The van der Waals surface area contributed by atoms with Crippen molar-refractivity contribution in [2.75, 3.05) is 7.11 Å². The van der Waals surface area contributed by atoms with Gasteiger partial charge in [-0.15, -0.1) is 0 Å².